The molecule has 5 nitrogen and oxygen atoms in total. The summed E-state index contributed by atoms with van der Waals surface area (Å²) in [4.78, 5) is 9.66. The van der Waals surface area contributed by atoms with Crippen molar-refractivity contribution >= 4 is 43.7 Å². The van der Waals surface area contributed by atoms with Gasteiger partial charge in [-0.25, -0.2) is 9.97 Å². The lowest BCUT2D eigenvalue weighted by Crippen LogP contribution is -1.98. The minimum absolute atomic E-state index is 0.613. The summed E-state index contributed by atoms with van der Waals surface area (Å²) in [5.41, 5.74) is 9.28. The summed E-state index contributed by atoms with van der Waals surface area (Å²) in [5.74, 6) is 1.37. The zero-order valence-corrected chi connectivity index (χ0v) is 25.7. The molecule has 224 valence electrons. The van der Waals surface area contributed by atoms with Gasteiger partial charge < -0.3 is 9.30 Å². The number of benzene rings is 4. The molecular weight excluding hydrogens is 564 g/mol. The molecule has 6 heterocycles. The molecule has 0 unspecified atom stereocenters. The van der Waals surface area contributed by atoms with E-state index in [0.29, 0.717) is 5.88 Å². The first-order valence-electron chi connectivity index (χ1n) is 16.5. The van der Waals surface area contributed by atoms with E-state index in [9.17, 15) is 0 Å². The van der Waals surface area contributed by atoms with Crippen LogP contribution in [0.3, 0.4) is 0 Å². The lowest BCUT2D eigenvalue weighted by atomic mass is 10.0. The van der Waals surface area contributed by atoms with Crippen LogP contribution in [0.4, 0.5) is 0 Å². The normalized spacial score (nSPS) is 14.1. The summed E-state index contributed by atoms with van der Waals surface area (Å²) >= 11 is 0. The Morgan fingerprint density at radius 1 is 0.543 bits per heavy atom. The van der Waals surface area contributed by atoms with Crippen molar-refractivity contribution in [2.24, 2.45) is 0 Å². The summed E-state index contributed by atoms with van der Waals surface area (Å²) in [6.07, 6.45) is 12.1. The van der Waals surface area contributed by atoms with Gasteiger partial charge in [0.1, 0.15) is 11.4 Å². The molecule has 5 heteroatoms. The van der Waals surface area contributed by atoms with Crippen LogP contribution < -0.4 is 4.74 Å². The fraction of sp³-hybridized carbons (Fsp3) is 0.171. The first kappa shape index (κ1) is 26.9. The van der Waals surface area contributed by atoms with Gasteiger partial charge in [-0.15, -0.1) is 0 Å². The molecule has 0 N–H and O–H groups in total. The van der Waals surface area contributed by atoms with Gasteiger partial charge in [0.25, 0.3) is 0 Å². The van der Waals surface area contributed by atoms with Gasteiger partial charge in [-0.3, -0.25) is 4.57 Å². The summed E-state index contributed by atoms with van der Waals surface area (Å²) in [6.45, 7) is 0. The van der Waals surface area contributed by atoms with E-state index >= 15 is 0 Å². The van der Waals surface area contributed by atoms with E-state index in [1.54, 1.807) is 0 Å². The monoisotopic (exact) mass is 598 g/mol. The average molecular weight is 599 g/mol. The SMILES string of the molecule is c1cc2cc(c1)-n1c3ccccc3c3ccc(cc31)-n1c3ccccc3c3c(ccnc31)CCCCCCCc1ccc(nc1)O2. The molecule has 4 aromatic heterocycles. The van der Waals surface area contributed by atoms with Crippen molar-refractivity contribution in [1.29, 1.82) is 0 Å². The van der Waals surface area contributed by atoms with Gasteiger partial charge in [0.05, 0.1) is 16.6 Å². The maximum absolute atomic E-state index is 6.30. The molecule has 0 atom stereocenters. The van der Waals surface area contributed by atoms with Gasteiger partial charge in [0.2, 0.25) is 5.88 Å². The van der Waals surface area contributed by atoms with Crippen LogP contribution in [0.2, 0.25) is 0 Å². The van der Waals surface area contributed by atoms with Crippen molar-refractivity contribution in [1.82, 2.24) is 19.1 Å². The van der Waals surface area contributed by atoms with Crippen LogP contribution in [-0.4, -0.2) is 19.1 Å². The van der Waals surface area contributed by atoms with Crippen molar-refractivity contribution in [3.05, 3.63) is 133 Å². The Balaban J connectivity index is 1.28. The van der Waals surface area contributed by atoms with Gasteiger partial charge in [-0.05, 0) is 79.3 Å². The van der Waals surface area contributed by atoms with E-state index in [-0.39, 0.29) is 0 Å². The molecule has 0 spiro atoms. The second kappa shape index (κ2) is 11.2. The third kappa shape index (κ3) is 4.54. The van der Waals surface area contributed by atoms with Crippen LogP contribution in [-0.2, 0) is 12.8 Å². The zero-order valence-electron chi connectivity index (χ0n) is 25.7. The van der Waals surface area contributed by atoms with Crippen molar-refractivity contribution in [2.75, 3.05) is 0 Å². The number of fused-ring (bicyclic) bond motifs is 11. The first-order chi connectivity index (χ1) is 22.8. The topological polar surface area (TPSA) is 44.9 Å². The fourth-order valence-electron chi connectivity index (χ4n) is 7.39. The predicted molar refractivity (Wildman–Crippen MR) is 188 cm³/mol. The van der Waals surface area contributed by atoms with Gasteiger partial charge in [0.15, 0.2) is 0 Å². The second-order valence-corrected chi connectivity index (χ2v) is 12.4. The summed E-state index contributed by atoms with van der Waals surface area (Å²) in [5, 5.41) is 4.97. The van der Waals surface area contributed by atoms with Crippen molar-refractivity contribution in [2.45, 2.75) is 44.9 Å². The fourth-order valence-corrected chi connectivity index (χ4v) is 7.39. The molecule has 10 bridgehead atoms. The van der Waals surface area contributed by atoms with E-state index in [2.05, 4.69) is 111 Å². The third-order valence-corrected chi connectivity index (χ3v) is 9.57. The standard InChI is InChI=1S/C41H34N4O/c1-2-4-11-28-19-22-39(43-27-28)46-32-14-10-13-30(25-32)44-36-17-8-6-15-33(36)34-21-20-31(26-38(34)44)45-37-18-9-7-16-35(37)40-29(12-5-3-1)23-24-42-41(40)45/h6-10,13-27H,1-5,11-12H2. The quantitative estimate of drug-likeness (QED) is 0.174. The number of aryl methyl sites for hydroxylation is 2. The molecule has 46 heavy (non-hydrogen) atoms. The van der Waals surface area contributed by atoms with E-state index in [0.717, 1.165) is 46.6 Å². The summed E-state index contributed by atoms with van der Waals surface area (Å²) in [6, 6.07) is 38.9. The van der Waals surface area contributed by atoms with E-state index < -0.39 is 0 Å². The van der Waals surface area contributed by atoms with E-state index in [4.69, 9.17) is 9.72 Å². The minimum Gasteiger partial charge on any atom is -0.439 e. The number of pyridine rings is 2. The maximum atomic E-state index is 6.30. The molecule has 0 radical (unpaired) electrons. The van der Waals surface area contributed by atoms with Gasteiger partial charge >= 0.3 is 0 Å². The number of nitrogens with zero attached hydrogens (tertiary/aromatic N) is 4. The van der Waals surface area contributed by atoms with Crippen LogP contribution in [0.5, 0.6) is 11.6 Å². The molecule has 2 aliphatic rings. The Hall–Kier alpha value is -5.42. The molecule has 0 saturated heterocycles. The Kier molecular flexibility index (Phi) is 6.55. The van der Waals surface area contributed by atoms with Gasteiger partial charge in [-0.2, -0.15) is 0 Å². The van der Waals surface area contributed by atoms with E-state index in [1.165, 1.54) is 70.3 Å². The van der Waals surface area contributed by atoms with E-state index in [1.807, 2.05) is 24.5 Å². The Labute approximate surface area is 267 Å². The average Bonchev–Trinajstić information content (AvgIpc) is 3.61. The van der Waals surface area contributed by atoms with Crippen molar-refractivity contribution < 1.29 is 4.74 Å². The molecule has 0 saturated carbocycles. The molecule has 0 aliphatic carbocycles. The first-order valence-corrected chi connectivity index (χ1v) is 16.5. The Morgan fingerprint density at radius 3 is 2.17 bits per heavy atom. The van der Waals surface area contributed by atoms with Gasteiger partial charge in [0, 0.05) is 57.4 Å². The maximum Gasteiger partial charge on any atom is 0.219 e. The van der Waals surface area contributed by atoms with Crippen molar-refractivity contribution in [3.63, 3.8) is 0 Å². The smallest absolute Gasteiger partial charge is 0.219 e. The van der Waals surface area contributed by atoms with Crippen LogP contribution >= 0.6 is 0 Å². The predicted octanol–water partition coefficient (Wildman–Crippen LogP) is 10.5. The van der Waals surface area contributed by atoms with Gasteiger partial charge in [-0.1, -0.05) is 73.9 Å². The molecule has 10 rings (SSSR count). The highest BCUT2D eigenvalue weighted by atomic mass is 16.5. The molecule has 8 aromatic rings. The Bertz CT molecular complexity index is 2380. The Morgan fingerprint density at radius 2 is 1.30 bits per heavy atom. The van der Waals surface area contributed by atoms with Crippen LogP contribution in [0.25, 0.3) is 55.1 Å². The second-order valence-electron chi connectivity index (χ2n) is 12.4. The van der Waals surface area contributed by atoms with Crippen LogP contribution in [0, 0.1) is 0 Å². The lowest BCUT2D eigenvalue weighted by Gasteiger charge is -2.12. The highest BCUT2D eigenvalue weighted by Crippen LogP contribution is 2.38. The highest BCUT2D eigenvalue weighted by molar-refractivity contribution is 6.12. The number of hydrogen-bond acceptors (Lipinski definition) is 3. The summed E-state index contributed by atoms with van der Waals surface area (Å²) < 4.78 is 11.0. The third-order valence-electron chi connectivity index (χ3n) is 9.57. The zero-order chi connectivity index (χ0) is 30.5. The highest BCUT2D eigenvalue weighted by Gasteiger charge is 2.19. The molecule has 0 amide bonds. The van der Waals surface area contributed by atoms with Crippen LogP contribution in [0.1, 0.15) is 43.2 Å². The molecule has 0 fully saturated rings. The minimum atomic E-state index is 0.613. The number of aromatic nitrogens is 4. The molecular formula is C41H34N4O. The molecule has 2 aliphatic heterocycles. The number of rotatable bonds is 0. The molecule has 4 aromatic carbocycles. The number of hydrogen-bond donors (Lipinski definition) is 0. The van der Waals surface area contributed by atoms with Crippen molar-refractivity contribution in [3.8, 4) is 23.0 Å². The lowest BCUT2D eigenvalue weighted by molar-refractivity contribution is 0.462. The number of para-hydroxylation sites is 2. The summed E-state index contributed by atoms with van der Waals surface area (Å²) in [7, 11) is 0. The largest absolute Gasteiger partial charge is 0.439 e. The number of ether oxygens (including phenoxy) is 1. The van der Waals surface area contributed by atoms with Crippen LogP contribution in [0.15, 0.2) is 122 Å².